The highest BCUT2D eigenvalue weighted by atomic mass is 16.1. The Hall–Kier alpha value is -0.590. The molecule has 0 aliphatic heterocycles. The minimum absolute atomic E-state index is 0.379. The van der Waals surface area contributed by atoms with Gasteiger partial charge in [0, 0.05) is 0 Å². The Bertz CT molecular complexity index is 215. The van der Waals surface area contributed by atoms with Crippen molar-refractivity contribution in [2.75, 3.05) is 0 Å². The Labute approximate surface area is 87.6 Å². The van der Waals surface area contributed by atoms with Gasteiger partial charge in [-0.2, -0.15) is 0 Å². The lowest BCUT2D eigenvalue weighted by Gasteiger charge is -2.25. The molecule has 1 saturated carbocycles. The van der Waals surface area contributed by atoms with Crippen molar-refractivity contribution in [3.63, 3.8) is 0 Å². The van der Waals surface area contributed by atoms with E-state index in [1.807, 2.05) is 0 Å². The molecule has 0 bridgehead atoms. The van der Waals surface area contributed by atoms with E-state index in [0.717, 1.165) is 17.8 Å². The highest BCUT2D eigenvalue weighted by molar-refractivity contribution is 5.73. The third-order valence-electron chi connectivity index (χ3n) is 3.21. The summed E-state index contributed by atoms with van der Waals surface area (Å²) in [6.45, 7) is 6.49. The van der Waals surface area contributed by atoms with Crippen LogP contribution < -0.4 is 0 Å². The molecule has 0 amide bonds. The van der Waals surface area contributed by atoms with Crippen LogP contribution in [0, 0.1) is 17.8 Å². The fraction of sp³-hybridized carbons (Fsp3) is 0.769. The van der Waals surface area contributed by atoms with Crippen LogP contribution in [0.1, 0.15) is 46.5 Å². The maximum absolute atomic E-state index is 10.8. The maximum atomic E-state index is 10.8. The Balaban J connectivity index is 2.59. The van der Waals surface area contributed by atoms with Gasteiger partial charge in [-0.05, 0) is 36.2 Å². The zero-order valence-electron chi connectivity index (χ0n) is 9.62. The second-order valence-electron chi connectivity index (χ2n) is 4.97. The molecule has 1 fully saturated rings. The van der Waals surface area contributed by atoms with Crippen molar-refractivity contribution < 1.29 is 4.79 Å². The first-order chi connectivity index (χ1) is 6.63. The summed E-state index contributed by atoms with van der Waals surface area (Å²) in [6.07, 6.45) is 8.48. The molecular formula is C13H22O. The van der Waals surface area contributed by atoms with E-state index < -0.39 is 0 Å². The monoisotopic (exact) mass is 194 g/mol. The molecule has 0 N–H and O–H groups in total. The van der Waals surface area contributed by atoms with E-state index in [0.29, 0.717) is 11.8 Å². The van der Waals surface area contributed by atoms with Crippen molar-refractivity contribution in [3.05, 3.63) is 11.6 Å². The second-order valence-corrected chi connectivity index (χ2v) is 4.97. The van der Waals surface area contributed by atoms with Crippen LogP contribution in [0.5, 0.6) is 0 Å². The van der Waals surface area contributed by atoms with Crippen molar-refractivity contribution in [2.45, 2.75) is 46.5 Å². The summed E-state index contributed by atoms with van der Waals surface area (Å²) in [5, 5.41) is 0. The summed E-state index contributed by atoms with van der Waals surface area (Å²) < 4.78 is 0. The van der Waals surface area contributed by atoms with E-state index in [4.69, 9.17) is 0 Å². The van der Waals surface area contributed by atoms with Crippen molar-refractivity contribution in [1.82, 2.24) is 0 Å². The minimum atomic E-state index is 0.379. The number of hydrogen-bond donors (Lipinski definition) is 0. The minimum Gasteiger partial charge on any atom is -0.298 e. The van der Waals surface area contributed by atoms with E-state index in [2.05, 4.69) is 26.8 Å². The molecule has 0 heterocycles. The summed E-state index contributed by atoms with van der Waals surface area (Å²) in [7, 11) is 0. The largest absolute Gasteiger partial charge is 0.298 e. The molecule has 2 unspecified atom stereocenters. The van der Waals surface area contributed by atoms with E-state index in [-0.39, 0.29) is 0 Å². The number of allylic oxidation sites excluding steroid dienone is 2. The van der Waals surface area contributed by atoms with Crippen LogP contribution in [0.15, 0.2) is 11.6 Å². The fourth-order valence-corrected chi connectivity index (χ4v) is 2.27. The molecule has 0 spiro atoms. The second kappa shape index (κ2) is 5.33. The number of aldehydes is 1. The summed E-state index contributed by atoms with van der Waals surface area (Å²) in [5.41, 5.74) is 0.990. The summed E-state index contributed by atoms with van der Waals surface area (Å²) in [6, 6.07) is 0. The standard InChI is InChI=1S/C13H22O/c1-10(2)13(9-14)8-12-6-4-5-11(3)7-12/h8-12H,4-7H2,1-3H3/b13-8-. The molecule has 80 valence electrons. The molecule has 1 aliphatic carbocycles. The molecular weight excluding hydrogens is 172 g/mol. The lowest BCUT2D eigenvalue weighted by atomic mass is 9.81. The van der Waals surface area contributed by atoms with Gasteiger partial charge in [0.2, 0.25) is 0 Å². The van der Waals surface area contributed by atoms with Crippen LogP contribution in [-0.2, 0) is 4.79 Å². The Morgan fingerprint density at radius 3 is 2.57 bits per heavy atom. The van der Waals surface area contributed by atoms with E-state index in [9.17, 15) is 4.79 Å². The van der Waals surface area contributed by atoms with Gasteiger partial charge in [0.15, 0.2) is 0 Å². The molecule has 0 aromatic rings. The Kier molecular flexibility index (Phi) is 4.37. The van der Waals surface area contributed by atoms with Gasteiger partial charge >= 0.3 is 0 Å². The SMILES string of the molecule is CC1CCCC(/C=C(/C=O)C(C)C)C1. The Morgan fingerprint density at radius 1 is 1.36 bits per heavy atom. The van der Waals surface area contributed by atoms with Crippen LogP contribution in [0.2, 0.25) is 0 Å². The van der Waals surface area contributed by atoms with Gasteiger partial charge < -0.3 is 0 Å². The molecule has 1 heteroatoms. The van der Waals surface area contributed by atoms with Crippen molar-refractivity contribution >= 4 is 6.29 Å². The number of rotatable bonds is 3. The average molecular weight is 194 g/mol. The van der Waals surface area contributed by atoms with Crippen LogP contribution in [0.3, 0.4) is 0 Å². The van der Waals surface area contributed by atoms with Gasteiger partial charge in [-0.25, -0.2) is 0 Å². The van der Waals surface area contributed by atoms with Crippen molar-refractivity contribution in [3.8, 4) is 0 Å². The maximum Gasteiger partial charge on any atom is 0.145 e. The number of carbonyl (C=O) groups is 1. The molecule has 1 rings (SSSR count). The van der Waals surface area contributed by atoms with Crippen LogP contribution in [-0.4, -0.2) is 6.29 Å². The van der Waals surface area contributed by atoms with Crippen LogP contribution >= 0.6 is 0 Å². The predicted molar refractivity (Wildman–Crippen MR) is 60.1 cm³/mol. The average Bonchev–Trinajstić information content (AvgIpc) is 2.14. The normalized spacial score (nSPS) is 29.3. The summed E-state index contributed by atoms with van der Waals surface area (Å²) in [5.74, 6) is 1.87. The van der Waals surface area contributed by atoms with E-state index >= 15 is 0 Å². The van der Waals surface area contributed by atoms with Crippen LogP contribution in [0.4, 0.5) is 0 Å². The quantitative estimate of drug-likeness (QED) is 0.495. The van der Waals surface area contributed by atoms with Gasteiger partial charge in [-0.15, -0.1) is 0 Å². The first kappa shape index (κ1) is 11.5. The smallest absolute Gasteiger partial charge is 0.145 e. The number of hydrogen-bond acceptors (Lipinski definition) is 1. The van der Waals surface area contributed by atoms with Gasteiger partial charge in [0.25, 0.3) is 0 Å². The molecule has 14 heavy (non-hydrogen) atoms. The van der Waals surface area contributed by atoms with E-state index in [1.54, 1.807) is 0 Å². The lowest BCUT2D eigenvalue weighted by molar-refractivity contribution is -0.105. The summed E-state index contributed by atoms with van der Waals surface area (Å²) >= 11 is 0. The molecule has 0 aromatic carbocycles. The molecule has 0 saturated heterocycles. The topological polar surface area (TPSA) is 17.1 Å². The zero-order valence-corrected chi connectivity index (χ0v) is 9.62. The predicted octanol–water partition coefficient (Wildman–Crippen LogP) is 3.59. The van der Waals surface area contributed by atoms with Crippen molar-refractivity contribution in [1.29, 1.82) is 0 Å². The van der Waals surface area contributed by atoms with Gasteiger partial charge in [-0.1, -0.05) is 39.7 Å². The van der Waals surface area contributed by atoms with Gasteiger partial charge in [-0.3, -0.25) is 4.79 Å². The molecule has 1 nitrogen and oxygen atoms in total. The van der Waals surface area contributed by atoms with Crippen molar-refractivity contribution in [2.24, 2.45) is 17.8 Å². The lowest BCUT2D eigenvalue weighted by Crippen LogP contribution is -2.12. The molecule has 0 aromatic heterocycles. The summed E-state index contributed by atoms with van der Waals surface area (Å²) in [4.78, 5) is 10.8. The van der Waals surface area contributed by atoms with Crippen LogP contribution in [0.25, 0.3) is 0 Å². The first-order valence-corrected chi connectivity index (χ1v) is 5.80. The van der Waals surface area contributed by atoms with Gasteiger partial charge in [0.05, 0.1) is 0 Å². The third-order valence-corrected chi connectivity index (χ3v) is 3.21. The number of carbonyl (C=O) groups excluding carboxylic acids is 1. The third kappa shape index (κ3) is 3.28. The fourth-order valence-electron chi connectivity index (χ4n) is 2.27. The van der Waals surface area contributed by atoms with Gasteiger partial charge in [0.1, 0.15) is 6.29 Å². The first-order valence-electron chi connectivity index (χ1n) is 5.80. The van der Waals surface area contributed by atoms with E-state index in [1.165, 1.54) is 25.7 Å². The zero-order chi connectivity index (χ0) is 10.6. The highest BCUT2D eigenvalue weighted by Crippen LogP contribution is 2.30. The molecule has 0 radical (unpaired) electrons. The molecule has 2 atom stereocenters. The Morgan fingerprint density at radius 2 is 2.07 bits per heavy atom. The molecule has 1 aliphatic rings. The highest BCUT2D eigenvalue weighted by Gasteiger charge is 2.17.